The zero-order chi connectivity index (χ0) is 22.1. The van der Waals surface area contributed by atoms with Gasteiger partial charge >= 0.3 is 7.12 Å². The number of carbonyl (C=O) groups is 1. The van der Waals surface area contributed by atoms with Gasteiger partial charge < -0.3 is 29.3 Å². The number of hydrogen-bond donors (Lipinski definition) is 2. The molecule has 2 saturated heterocycles. The van der Waals surface area contributed by atoms with Gasteiger partial charge in [0.25, 0.3) is 5.91 Å². The molecule has 2 aliphatic heterocycles. The van der Waals surface area contributed by atoms with Gasteiger partial charge in [0.2, 0.25) is 5.95 Å². The maximum absolute atomic E-state index is 12.0. The van der Waals surface area contributed by atoms with Gasteiger partial charge in [-0.15, -0.1) is 0 Å². The van der Waals surface area contributed by atoms with Gasteiger partial charge in [0.05, 0.1) is 17.8 Å². The summed E-state index contributed by atoms with van der Waals surface area (Å²) in [6.07, 6.45) is 3.84. The summed E-state index contributed by atoms with van der Waals surface area (Å²) in [4.78, 5) is 24.6. The molecule has 0 saturated carbocycles. The minimum atomic E-state index is -1.32. The first-order valence-corrected chi connectivity index (χ1v) is 10.5. The van der Waals surface area contributed by atoms with E-state index in [9.17, 15) is 9.90 Å². The zero-order valence-electron chi connectivity index (χ0n) is 18.5. The van der Waals surface area contributed by atoms with Crippen LogP contribution < -0.4 is 10.4 Å². The largest absolute Gasteiger partial charge is 0.498 e. The van der Waals surface area contributed by atoms with Crippen LogP contribution in [0.4, 0.5) is 5.95 Å². The van der Waals surface area contributed by atoms with E-state index in [1.165, 1.54) is 0 Å². The summed E-state index contributed by atoms with van der Waals surface area (Å²) >= 11 is 0. The van der Waals surface area contributed by atoms with E-state index in [1.807, 2.05) is 39.6 Å². The van der Waals surface area contributed by atoms with Crippen molar-refractivity contribution in [2.24, 2.45) is 5.92 Å². The summed E-state index contributed by atoms with van der Waals surface area (Å²) in [5, 5.41) is 18.5. The maximum Gasteiger partial charge on any atom is 0.498 e. The number of piperidine rings is 1. The summed E-state index contributed by atoms with van der Waals surface area (Å²) in [5.41, 5.74) is -0.0206. The molecule has 0 spiro atoms. The molecule has 1 unspecified atom stereocenters. The van der Waals surface area contributed by atoms with Crippen molar-refractivity contribution in [2.75, 3.05) is 38.2 Å². The lowest BCUT2D eigenvalue weighted by molar-refractivity contribution is -0.143. The Hall–Kier alpha value is -1.75. The van der Waals surface area contributed by atoms with Crippen molar-refractivity contribution in [3.05, 3.63) is 12.4 Å². The fourth-order valence-corrected chi connectivity index (χ4v) is 3.72. The minimum Gasteiger partial charge on any atom is -0.399 e. The average Bonchev–Trinajstić information content (AvgIpc) is 2.94. The van der Waals surface area contributed by atoms with Gasteiger partial charge in [0, 0.05) is 44.5 Å². The average molecular weight is 420 g/mol. The van der Waals surface area contributed by atoms with Gasteiger partial charge in [-0.2, -0.15) is 0 Å². The van der Waals surface area contributed by atoms with Crippen LogP contribution >= 0.6 is 0 Å². The number of anilines is 1. The molecule has 3 heterocycles. The molecule has 2 fully saturated rings. The molecule has 9 nitrogen and oxygen atoms in total. The van der Waals surface area contributed by atoms with Gasteiger partial charge in [-0.1, -0.05) is 0 Å². The second-order valence-corrected chi connectivity index (χ2v) is 9.25. The highest BCUT2D eigenvalue weighted by atomic mass is 16.7. The van der Waals surface area contributed by atoms with Crippen molar-refractivity contribution >= 4 is 24.4 Å². The first kappa shape index (κ1) is 22.9. The number of aliphatic hydroxyl groups is 2. The smallest absolute Gasteiger partial charge is 0.399 e. The van der Waals surface area contributed by atoms with E-state index in [1.54, 1.807) is 17.3 Å². The van der Waals surface area contributed by atoms with Crippen molar-refractivity contribution in [2.45, 2.75) is 57.8 Å². The summed E-state index contributed by atoms with van der Waals surface area (Å²) in [6, 6.07) is 0. The van der Waals surface area contributed by atoms with Crippen LogP contribution in [0.2, 0.25) is 0 Å². The molecule has 2 N–H and O–H groups in total. The van der Waals surface area contributed by atoms with Crippen molar-refractivity contribution < 1.29 is 24.3 Å². The van der Waals surface area contributed by atoms with Crippen molar-refractivity contribution in [1.29, 1.82) is 0 Å². The van der Waals surface area contributed by atoms with E-state index in [-0.39, 0.29) is 0 Å². The first-order valence-electron chi connectivity index (χ1n) is 10.5. The molecule has 1 aromatic heterocycles. The molecule has 3 rings (SSSR count). The van der Waals surface area contributed by atoms with Crippen molar-refractivity contribution in [3.8, 4) is 0 Å². The lowest BCUT2D eigenvalue weighted by Gasteiger charge is -2.34. The highest BCUT2D eigenvalue weighted by Crippen LogP contribution is 2.36. The molecule has 30 heavy (non-hydrogen) atoms. The lowest BCUT2D eigenvalue weighted by Crippen LogP contribution is -2.46. The highest BCUT2D eigenvalue weighted by molar-refractivity contribution is 6.61. The Kier molecular flexibility index (Phi) is 6.71. The maximum atomic E-state index is 12.0. The van der Waals surface area contributed by atoms with Gasteiger partial charge in [-0.25, -0.2) is 9.97 Å². The van der Waals surface area contributed by atoms with Crippen LogP contribution in [-0.4, -0.2) is 88.7 Å². The third-order valence-electron chi connectivity index (χ3n) is 6.44. The van der Waals surface area contributed by atoms with Gasteiger partial charge in [-0.05, 0) is 46.5 Å². The summed E-state index contributed by atoms with van der Waals surface area (Å²) < 4.78 is 12.1. The number of nitrogens with zero attached hydrogens (tertiary/aromatic N) is 4. The minimum absolute atomic E-state index is 0.397. The normalized spacial score (nSPS) is 22.2. The molecule has 166 valence electrons. The number of rotatable bonds is 6. The molecule has 1 aromatic rings. The number of carbonyl (C=O) groups excluding carboxylic acids is 1. The standard InChI is InChI=1S/C20H33BN4O5/c1-19(2)20(3,4)30-21(29-19)15-10-22-18(23-11-15)24(5)12-14-6-8-25(9-7-14)17(28)16(27)13-26/h10-11,14,16,26-27H,6-9,12-13H2,1-5H3. The fraction of sp³-hybridized carbons (Fsp3) is 0.750. The summed E-state index contributed by atoms with van der Waals surface area (Å²) in [6.45, 7) is 9.45. The Morgan fingerprint density at radius 2 is 1.77 bits per heavy atom. The number of likely N-dealkylation sites (tertiary alicyclic amines) is 1. The van der Waals surface area contributed by atoms with Gasteiger partial charge in [0.1, 0.15) is 0 Å². The fourth-order valence-electron chi connectivity index (χ4n) is 3.72. The molecule has 1 atom stereocenters. The Balaban J connectivity index is 1.52. The van der Waals surface area contributed by atoms with Crippen LogP contribution in [0.15, 0.2) is 12.4 Å². The summed E-state index contributed by atoms with van der Waals surface area (Å²) in [7, 11) is 1.47. The molecule has 0 bridgehead atoms. The molecule has 0 aromatic carbocycles. The van der Waals surface area contributed by atoms with E-state index < -0.39 is 36.9 Å². The molecule has 0 radical (unpaired) electrons. The van der Waals surface area contributed by atoms with E-state index >= 15 is 0 Å². The van der Waals surface area contributed by atoms with Crippen LogP contribution in [-0.2, 0) is 14.1 Å². The lowest BCUT2D eigenvalue weighted by atomic mass is 9.81. The van der Waals surface area contributed by atoms with Crippen LogP contribution in [0, 0.1) is 5.92 Å². The predicted octanol–water partition coefficient (Wildman–Crippen LogP) is -0.196. The number of hydrogen-bond acceptors (Lipinski definition) is 8. The highest BCUT2D eigenvalue weighted by Gasteiger charge is 2.52. The quantitative estimate of drug-likeness (QED) is 0.610. The molecule has 0 aliphatic carbocycles. The molecule has 2 aliphatic rings. The topological polar surface area (TPSA) is 108 Å². The van der Waals surface area contributed by atoms with Gasteiger partial charge in [-0.3, -0.25) is 4.79 Å². The van der Waals surface area contributed by atoms with Crippen LogP contribution in [0.3, 0.4) is 0 Å². The van der Waals surface area contributed by atoms with Crippen molar-refractivity contribution in [3.63, 3.8) is 0 Å². The Morgan fingerprint density at radius 1 is 1.23 bits per heavy atom. The van der Waals surface area contributed by atoms with E-state index in [2.05, 4.69) is 9.97 Å². The Labute approximate surface area is 178 Å². The van der Waals surface area contributed by atoms with Crippen LogP contribution in [0.5, 0.6) is 0 Å². The van der Waals surface area contributed by atoms with Crippen LogP contribution in [0.25, 0.3) is 0 Å². The molecule has 1 amide bonds. The van der Waals surface area contributed by atoms with E-state index in [0.29, 0.717) is 25.0 Å². The third kappa shape index (κ3) is 4.77. The van der Waals surface area contributed by atoms with Crippen LogP contribution in [0.1, 0.15) is 40.5 Å². The first-order chi connectivity index (χ1) is 14.0. The van der Waals surface area contributed by atoms with Crippen molar-refractivity contribution in [1.82, 2.24) is 14.9 Å². The van der Waals surface area contributed by atoms with E-state index in [0.717, 1.165) is 24.8 Å². The summed E-state index contributed by atoms with van der Waals surface area (Å²) in [5.74, 6) is 0.632. The SMILES string of the molecule is CN(CC1CCN(C(=O)C(O)CO)CC1)c1ncc(B2OC(C)(C)C(C)(C)O2)cn1. The molecular weight excluding hydrogens is 387 g/mol. The molecule has 10 heteroatoms. The van der Waals surface area contributed by atoms with Gasteiger partial charge in [0.15, 0.2) is 6.10 Å². The predicted molar refractivity (Wildman–Crippen MR) is 113 cm³/mol. The number of aromatic nitrogens is 2. The second kappa shape index (κ2) is 8.78. The van der Waals surface area contributed by atoms with E-state index in [4.69, 9.17) is 14.4 Å². The number of aliphatic hydroxyl groups excluding tert-OH is 2. The Bertz CT molecular complexity index is 721. The zero-order valence-corrected chi connectivity index (χ0v) is 18.5. The monoisotopic (exact) mass is 420 g/mol. The third-order valence-corrected chi connectivity index (χ3v) is 6.44. The second-order valence-electron chi connectivity index (χ2n) is 9.25. The Morgan fingerprint density at radius 3 is 2.27 bits per heavy atom. The molecular formula is C20H33BN4O5. The number of amides is 1.